The third kappa shape index (κ3) is 9.54. The molecule has 4 fully saturated rings. The molecule has 2 unspecified atom stereocenters. The van der Waals surface area contributed by atoms with Crippen LogP contribution in [0.1, 0.15) is 88.0 Å². The summed E-state index contributed by atoms with van der Waals surface area (Å²) in [5, 5.41) is 14.2. The number of likely N-dealkylation sites (tertiary alicyclic amines) is 1. The van der Waals surface area contributed by atoms with Gasteiger partial charge in [0.25, 0.3) is 11.8 Å². The lowest BCUT2D eigenvalue weighted by Gasteiger charge is -2.41. The number of amides is 4. The van der Waals surface area contributed by atoms with Crippen LogP contribution in [0, 0.1) is 17.2 Å². The highest BCUT2D eigenvalue weighted by molar-refractivity contribution is 7.80. The average molecular weight is 840 g/mol. The predicted octanol–water partition coefficient (Wildman–Crippen LogP) is 5.94. The fraction of sp³-hybridized carbons (Fsp3) is 0.553. The number of benzene rings is 1. The number of alkyl halides is 5. The molecule has 4 heterocycles. The van der Waals surface area contributed by atoms with Crippen LogP contribution in [0.5, 0.6) is 0 Å². The monoisotopic (exact) mass is 839 g/mol. The summed E-state index contributed by atoms with van der Waals surface area (Å²) in [7, 11) is 0. The zero-order valence-electron chi connectivity index (χ0n) is 31.2. The number of ether oxygens (including phenoxy) is 1. The van der Waals surface area contributed by atoms with E-state index in [2.05, 4.69) is 15.6 Å². The Morgan fingerprint density at radius 1 is 1.09 bits per heavy atom. The van der Waals surface area contributed by atoms with E-state index in [4.69, 9.17) is 17.0 Å². The number of hydrogen-bond donors (Lipinski definition) is 2. The Labute approximate surface area is 337 Å². The first kappa shape index (κ1) is 43.8. The van der Waals surface area contributed by atoms with E-state index < -0.39 is 64.9 Å². The van der Waals surface area contributed by atoms with E-state index in [0.717, 1.165) is 17.0 Å². The van der Waals surface area contributed by atoms with Crippen LogP contribution in [-0.4, -0.2) is 93.4 Å². The lowest BCUT2D eigenvalue weighted by atomic mass is 9.88. The number of halogens is 6. The van der Waals surface area contributed by atoms with E-state index in [9.17, 15) is 37.6 Å². The van der Waals surface area contributed by atoms with Gasteiger partial charge >= 0.3 is 6.18 Å². The molecular formula is C38H43ClF5N7O5S. The zero-order valence-corrected chi connectivity index (χ0v) is 32.9. The van der Waals surface area contributed by atoms with E-state index in [-0.39, 0.29) is 73.7 Å². The minimum atomic E-state index is -4.80. The smallest absolute Gasteiger partial charge is 0.378 e. The van der Waals surface area contributed by atoms with E-state index in [1.807, 2.05) is 0 Å². The fourth-order valence-corrected chi connectivity index (χ4v) is 8.68. The number of nitriles is 1. The Morgan fingerprint density at radius 2 is 1.81 bits per heavy atom. The SMILES string of the molecule is CC1(C)C(=O)N(c2ccc(C#N)c(C(F)(F)F)c2)C(=S)N1C1CCC(OCCC2CCN(CC(=O)Nc3ccc(C4CCC(=O)NC4=O)nc3)CC2(F)F)CC1.Cl. The second-order valence-electron chi connectivity index (χ2n) is 15.3. The maximum absolute atomic E-state index is 15.3. The van der Waals surface area contributed by atoms with Gasteiger partial charge in [0.2, 0.25) is 17.7 Å². The van der Waals surface area contributed by atoms with Gasteiger partial charge in [0.1, 0.15) is 5.54 Å². The van der Waals surface area contributed by atoms with Crippen molar-refractivity contribution < 1.29 is 45.9 Å². The van der Waals surface area contributed by atoms with Gasteiger partial charge in [0.15, 0.2) is 5.11 Å². The molecule has 6 rings (SSSR count). The van der Waals surface area contributed by atoms with Gasteiger partial charge in [-0.05, 0) is 108 Å². The highest BCUT2D eigenvalue weighted by Gasteiger charge is 2.53. The molecule has 12 nitrogen and oxygen atoms in total. The van der Waals surface area contributed by atoms with Gasteiger partial charge in [0.05, 0.1) is 65.6 Å². The van der Waals surface area contributed by atoms with Crippen LogP contribution >= 0.6 is 24.6 Å². The number of piperidine rings is 2. The molecule has 1 saturated carbocycles. The van der Waals surface area contributed by atoms with Gasteiger partial charge in [-0.1, -0.05) is 0 Å². The number of imide groups is 1. The van der Waals surface area contributed by atoms with Gasteiger partial charge in [-0.3, -0.25) is 39.3 Å². The molecule has 57 heavy (non-hydrogen) atoms. The number of aromatic nitrogens is 1. The number of rotatable bonds is 10. The van der Waals surface area contributed by atoms with Crippen LogP contribution < -0.4 is 15.5 Å². The number of hydrogen-bond acceptors (Lipinski definition) is 9. The summed E-state index contributed by atoms with van der Waals surface area (Å²) in [5.74, 6) is -6.26. The quantitative estimate of drug-likeness (QED) is 0.167. The number of anilines is 2. The second kappa shape index (κ2) is 17.3. The molecule has 2 atom stereocenters. The molecule has 2 N–H and O–H groups in total. The van der Waals surface area contributed by atoms with E-state index in [1.54, 1.807) is 30.9 Å². The summed E-state index contributed by atoms with van der Waals surface area (Å²) in [5.41, 5.74) is -2.11. The molecule has 308 valence electrons. The van der Waals surface area contributed by atoms with Crippen molar-refractivity contribution in [1.82, 2.24) is 20.1 Å². The first-order chi connectivity index (χ1) is 26.4. The summed E-state index contributed by atoms with van der Waals surface area (Å²) >= 11 is 5.67. The normalized spacial score (nSPS) is 25.1. The standard InChI is InChI=1S/C38H42F5N7O5S.ClH/c1-36(2)34(54)49(26-5-3-22(18-44)29(17-26)38(41,42)43)35(56)50(36)25-6-8-27(9-7-25)55-16-14-23-13-15-48(21-37(23,39)40)20-32(52)46-24-4-11-30(45-19-24)28-10-12-31(51)47-33(28)53;/h3-5,11,17,19,23,25,27-28H,6-10,12-16,20-21H2,1-2H3,(H,46,52)(H,47,51,53);1H. The number of nitrogens with zero attached hydrogens (tertiary/aromatic N) is 5. The van der Waals surface area contributed by atoms with Crippen molar-refractivity contribution in [3.63, 3.8) is 0 Å². The number of pyridine rings is 1. The topological polar surface area (TPSA) is 148 Å². The van der Waals surface area contributed by atoms with Crippen molar-refractivity contribution in [3.8, 4) is 6.07 Å². The maximum atomic E-state index is 15.3. The second-order valence-corrected chi connectivity index (χ2v) is 15.6. The lowest BCUT2D eigenvalue weighted by Crippen LogP contribution is -2.51. The number of nitrogens with one attached hydrogen (secondary N) is 2. The van der Waals surface area contributed by atoms with Crippen molar-refractivity contribution >= 4 is 64.7 Å². The van der Waals surface area contributed by atoms with Crippen LogP contribution in [0.15, 0.2) is 36.5 Å². The number of thiocarbonyl (C=S) groups is 1. The van der Waals surface area contributed by atoms with Crippen molar-refractivity contribution in [3.05, 3.63) is 53.3 Å². The Hall–Kier alpha value is -4.31. The van der Waals surface area contributed by atoms with Crippen molar-refractivity contribution in [2.24, 2.45) is 5.92 Å². The summed E-state index contributed by atoms with van der Waals surface area (Å²) in [4.78, 5) is 58.3. The molecule has 3 saturated heterocycles. The van der Waals surface area contributed by atoms with Gasteiger partial charge in [0, 0.05) is 25.0 Å². The Kier molecular flexibility index (Phi) is 13.3. The molecular weight excluding hydrogens is 797 g/mol. The van der Waals surface area contributed by atoms with Gasteiger partial charge in [-0.2, -0.15) is 18.4 Å². The van der Waals surface area contributed by atoms with E-state index in [0.29, 0.717) is 50.0 Å². The van der Waals surface area contributed by atoms with E-state index in [1.165, 1.54) is 23.2 Å². The van der Waals surface area contributed by atoms with Crippen molar-refractivity contribution in [2.45, 2.75) is 101 Å². The Morgan fingerprint density at radius 3 is 2.42 bits per heavy atom. The Balaban J connectivity index is 0.00000620. The van der Waals surface area contributed by atoms with Crippen LogP contribution in [-0.2, 0) is 30.1 Å². The van der Waals surface area contributed by atoms with Crippen LogP contribution in [0.2, 0.25) is 0 Å². The van der Waals surface area contributed by atoms with Crippen LogP contribution in [0.25, 0.3) is 0 Å². The van der Waals surface area contributed by atoms with Gasteiger partial charge in [-0.15, -0.1) is 12.4 Å². The largest absolute Gasteiger partial charge is 0.417 e. The molecule has 0 bridgehead atoms. The third-order valence-electron chi connectivity index (χ3n) is 11.1. The van der Waals surface area contributed by atoms with Gasteiger partial charge in [-0.25, -0.2) is 8.78 Å². The van der Waals surface area contributed by atoms with Crippen LogP contribution in [0.3, 0.4) is 0 Å². The molecule has 0 radical (unpaired) electrons. The first-order valence-corrected chi connectivity index (χ1v) is 18.9. The first-order valence-electron chi connectivity index (χ1n) is 18.5. The average Bonchev–Trinajstić information content (AvgIpc) is 3.31. The highest BCUT2D eigenvalue weighted by atomic mass is 35.5. The highest BCUT2D eigenvalue weighted by Crippen LogP contribution is 2.41. The number of carbonyl (C=O) groups is 4. The third-order valence-corrected chi connectivity index (χ3v) is 11.5. The summed E-state index contributed by atoms with van der Waals surface area (Å²) in [6, 6.07) is 7.57. The van der Waals surface area contributed by atoms with Gasteiger partial charge < -0.3 is 15.0 Å². The molecule has 4 amide bonds. The molecule has 1 aromatic carbocycles. The molecule has 4 aliphatic rings. The minimum Gasteiger partial charge on any atom is -0.378 e. The summed E-state index contributed by atoms with van der Waals surface area (Å²) < 4.78 is 77.6. The lowest BCUT2D eigenvalue weighted by molar-refractivity contribution is -0.138. The molecule has 2 aromatic rings. The molecule has 19 heteroatoms. The molecule has 3 aliphatic heterocycles. The Bertz CT molecular complexity index is 1920. The zero-order chi connectivity index (χ0) is 40.6. The van der Waals surface area contributed by atoms with E-state index >= 15 is 8.78 Å². The number of carbonyl (C=O) groups excluding carboxylic acids is 4. The fourth-order valence-electron chi connectivity index (χ4n) is 8.11. The molecule has 1 aliphatic carbocycles. The van der Waals surface area contributed by atoms with Crippen molar-refractivity contribution in [1.29, 1.82) is 5.26 Å². The predicted molar refractivity (Wildman–Crippen MR) is 204 cm³/mol. The molecule has 1 aromatic heterocycles. The maximum Gasteiger partial charge on any atom is 0.417 e. The minimum absolute atomic E-state index is 0. The summed E-state index contributed by atoms with van der Waals surface area (Å²) in [6.45, 7) is 2.94. The van der Waals surface area contributed by atoms with Crippen molar-refractivity contribution in [2.75, 3.05) is 36.5 Å². The molecule has 0 spiro atoms. The van der Waals surface area contributed by atoms with Crippen LogP contribution in [0.4, 0.5) is 33.3 Å². The summed E-state index contributed by atoms with van der Waals surface area (Å²) in [6.07, 6.45) is -0.491.